The first-order valence-electron chi connectivity index (χ1n) is 27.0. The number of benzene rings is 3. The lowest BCUT2D eigenvalue weighted by molar-refractivity contribution is -0.139. The van der Waals surface area contributed by atoms with Gasteiger partial charge in [0.1, 0.15) is 35.8 Å². The lowest BCUT2D eigenvalue weighted by Crippen LogP contribution is -2.37. The van der Waals surface area contributed by atoms with Crippen molar-refractivity contribution in [3.63, 3.8) is 0 Å². The van der Waals surface area contributed by atoms with Gasteiger partial charge in [-0.1, -0.05) is 0 Å². The van der Waals surface area contributed by atoms with Crippen molar-refractivity contribution in [2.45, 2.75) is 69.7 Å². The van der Waals surface area contributed by atoms with Gasteiger partial charge in [-0.2, -0.15) is 0 Å². The van der Waals surface area contributed by atoms with Crippen LogP contribution in [0.4, 0.5) is 61.7 Å². The number of carbonyl (C=O) groups is 7. The Balaban J connectivity index is 0.000000248. The molecule has 3 atom stereocenters. The fraction of sp³-hybridized carbons (Fsp3) is 0.537. The van der Waals surface area contributed by atoms with Gasteiger partial charge in [0.15, 0.2) is 0 Å². The fourth-order valence-electron chi connectivity index (χ4n) is 9.46. The molecule has 27 heteroatoms. The van der Waals surface area contributed by atoms with Crippen LogP contribution < -0.4 is 45.8 Å². The van der Waals surface area contributed by atoms with Crippen LogP contribution in [0.3, 0.4) is 0 Å². The van der Waals surface area contributed by atoms with Crippen molar-refractivity contribution in [2.24, 2.45) is 5.73 Å². The van der Waals surface area contributed by atoms with Crippen LogP contribution >= 0.6 is 0 Å². The monoisotopic (exact) mass is 1140 g/mol. The lowest BCUT2D eigenvalue weighted by Gasteiger charge is -2.29. The molecular formula is C54H70F3N9O15. The summed E-state index contributed by atoms with van der Waals surface area (Å²) >= 11 is 0. The molecule has 9 rings (SSSR count). The molecule has 0 bridgehead atoms. The number of nitrogens with zero attached hydrogens (tertiary/aromatic N) is 6. The van der Waals surface area contributed by atoms with Crippen molar-refractivity contribution in [3.05, 3.63) is 72.0 Å². The number of carbonyl (C=O) groups excluding carboxylic acids is 5. The molecule has 0 saturated carbocycles. The Bertz CT molecular complexity index is 2530. The molecule has 0 spiro atoms. The van der Waals surface area contributed by atoms with Gasteiger partial charge in [0.25, 0.3) is 0 Å². The molecule has 0 unspecified atom stereocenters. The van der Waals surface area contributed by atoms with E-state index in [-0.39, 0.29) is 82.1 Å². The molecule has 442 valence electrons. The second-order valence-electron chi connectivity index (χ2n) is 19.6. The zero-order chi connectivity index (χ0) is 57.8. The molecule has 6 saturated heterocycles. The highest BCUT2D eigenvalue weighted by atomic mass is 19.1. The van der Waals surface area contributed by atoms with Crippen molar-refractivity contribution in [3.8, 4) is 0 Å². The molecule has 5 amide bonds. The molecule has 6 heterocycles. The Morgan fingerprint density at radius 1 is 0.481 bits per heavy atom. The third-order valence-electron chi connectivity index (χ3n) is 13.8. The van der Waals surface area contributed by atoms with Gasteiger partial charge in [-0.15, -0.1) is 0 Å². The second kappa shape index (κ2) is 30.3. The molecule has 24 nitrogen and oxygen atoms in total. The number of morpholine rings is 3. The average Bonchev–Trinajstić information content (AvgIpc) is 4.20. The Morgan fingerprint density at radius 3 is 1.06 bits per heavy atom. The lowest BCUT2D eigenvalue weighted by atomic mass is 10.1. The number of aliphatic carboxylic acids is 2. The minimum atomic E-state index is -0.870. The van der Waals surface area contributed by atoms with Gasteiger partial charge in [0, 0.05) is 71.5 Å². The van der Waals surface area contributed by atoms with E-state index in [0.717, 1.165) is 0 Å². The number of carboxylic acid groups (broad SMARTS) is 2. The predicted octanol–water partition coefficient (Wildman–Crippen LogP) is 4.44. The standard InChI is InChI=1S/C34H42F2N6O8.C14H18FN3O3.C6H10O4/c35-27-17-23(5-7-29(27)39-9-13-47-14-10-39)41-21-25(49-33(41)45)19-37-31(43)3-1-2-4-32(44)38-20-26-22-42(34(46)50-26)24-6-8-30(28(36)18-24)40-11-15-48-16-12-40;15-12-7-10(18-9-11(8-16)21-14(18)19)1-2-13(12)17-3-5-20-6-4-17;7-5(8)3-1-2-4-6(9)10/h5-8,17-18,25-26H,1-4,9-16,19-22H2,(H,37,43)(H,38,44);1-2,7,11H,3-6,8-9,16H2;1-4H2,(H,7,8)(H,9,10)/t25-,26-;11-;/m00./s1. The fourth-order valence-corrected chi connectivity index (χ4v) is 9.46. The first-order valence-corrected chi connectivity index (χ1v) is 27.0. The van der Waals surface area contributed by atoms with Crippen LogP contribution in [0.15, 0.2) is 54.6 Å². The largest absolute Gasteiger partial charge is 0.481 e. The second-order valence-corrected chi connectivity index (χ2v) is 19.6. The molecule has 6 aliphatic rings. The molecule has 6 aliphatic heterocycles. The third kappa shape index (κ3) is 17.9. The van der Waals surface area contributed by atoms with Gasteiger partial charge in [-0.3, -0.25) is 33.9 Å². The number of hydrogen-bond donors (Lipinski definition) is 5. The predicted molar refractivity (Wildman–Crippen MR) is 288 cm³/mol. The topological polar surface area (TPSA) is 285 Å². The maximum Gasteiger partial charge on any atom is 0.414 e. The van der Waals surface area contributed by atoms with Crippen molar-refractivity contribution in [2.75, 3.05) is 148 Å². The number of nitrogens with one attached hydrogen (secondary N) is 2. The van der Waals surface area contributed by atoms with E-state index in [1.807, 2.05) is 14.7 Å². The molecule has 0 radical (unpaired) electrons. The number of amides is 5. The summed E-state index contributed by atoms with van der Waals surface area (Å²) in [6, 6.07) is 14.1. The van der Waals surface area contributed by atoms with Gasteiger partial charge in [0.05, 0.1) is 106 Å². The number of cyclic esters (lactones) is 3. The van der Waals surface area contributed by atoms with Gasteiger partial charge in [-0.05, 0) is 80.3 Å². The third-order valence-corrected chi connectivity index (χ3v) is 13.8. The Morgan fingerprint density at radius 2 is 0.778 bits per heavy atom. The normalized spacial score (nSPS) is 19.9. The quantitative estimate of drug-likeness (QED) is 0.0728. The van der Waals surface area contributed by atoms with E-state index < -0.39 is 54.1 Å². The molecule has 3 aromatic carbocycles. The summed E-state index contributed by atoms with van der Waals surface area (Å²) in [5, 5.41) is 21.8. The summed E-state index contributed by atoms with van der Waals surface area (Å²) in [5.74, 6) is -3.44. The van der Waals surface area contributed by atoms with Crippen molar-refractivity contribution >= 4 is 76.2 Å². The van der Waals surface area contributed by atoms with Crippen LogP contribution in [-0.2, 0) is 47.6 Å². The van der Waals surface area contributed by atoms with Crippen LogP contribution in [0.1, 0.15) is 51.4 Å². The van der Waals surface area contributed by atoms with Gasteiger partial charge in [-0.25, -0.2) is 27.6 Å². The number of carboxylic acids is 2. The Labute approximate surface area is 466 Å². The Hall–Kier alpha value is -7.62. The molecule has 0 aromatic heterocycles. The van der Waals surface area contributed by atoms with Gasteiger partial charge < -0.3 is 69.7 Å². The highest BCUT2D eigenvalue weighted by Crippen LogP contribution is 2.31. The maximum absolute atomic E-state index is 14.9. The summed E-state index contributed by atoms with van der Waals surface area (Å²) in [7, 11) is 0. The molecular weight excluding hydrogens is 1070 g/mol. The Kier molecular flexibility index (Phi) is 22.8. The summed E-state index contributed by atoms with van der Waals surface area (Å²) in [5.41, 5.74) is 8.19. The van der Waals surface area contributed by atoms with Crippen molar-refractivity contribution in [1.29, 1.82) is 0 Å². The molecule has 0 aliphatic carbocycles. The smallest absolute Gasteiger partial charge is 0.414 e. The van der Waals surface area contributed by atoms with E-state index in [1.54, 1.807) is 36.4 Å². The summed E-state index contributed by atoms with van der Waals surface area (Å²) in [6.45, 7) is 8.16. The number of nitrogens with two attached hydrogens (primary N) is 1. The SMILES string of the molecule is NC[C@H]1CN(c2ccc(N3CCOCC3)c(F)c2)C(=O)O1.O=C(CCCCC(=O)NC[C@H]1CN(c2ccc(N3CCOCC3)c(F)c2)C(=O)O1)NC[C@H]1CN(c2ccc(N3CCOCC3)c(F)c2)C(=O)O1.O=C(O)CCCCC(=O)O. The highest BCUT2D eigenvalue weighted by molar-refractivity contribution is 5.92. The van der Waals surface area contributed by atoms with E-state index in [2.05, 4.69) is 10.6 Å². The van der Waals surface area contributed by atoms with E-state index in [1.165, 1.54) is 32.9 Å². The first-order chi connectivity index (χ1) is 39.1. The number of rotatable bonds is 21. The van der Waals surface area contributed by atoms with Crippen LogP contribution in [0.2, 0.25) is 0 Å². The zero-order valence-corrected chi connectivity index (χ0v) is 44.9. The molecule has 6 N–H and O–H groups in total. The number of unbranched alkanes of at least 4 members (excludes halogenated alkanes) is 2. The molecule has 81 heavy (non-hydrogen) atoms. The van der Waals surface area contributed by atoms with E-state index in [9.17, 15) is 46.7 Å². The van der Waals surface area contributed by atoms with Gasteiger partial charge >= 0.3 is 30.2 Å². The van der Waals surface area contributed by atoms with Crippen LogP contribution in [0.5, 0.6) is 0 Å². The minimum absolute atomic E-state index is 0.0628. The zero-order valence-electron chi connectivity index (χ0n) is 44.9. The number of ether oxygens (including phenoxy) is 6. The van der Waals surface area contributed by atoms with Crippen LogP contribution in [0, 0.1) is 17.5 Å². The number of anilines is 6. The molecule has 6 fully saturated rings. The number of hydrogen-bond acceptors (Lipinski definition) is 17. The molecule has 3 aromatic rings. The van der Waals surface area contributed by atoms with Crippen LogP contribution in [-0.4, -0.2) is 189 Å². The van der Waals surface area contributed by atoms with Crippen molar-refractivity contribution in [1.82, 2.24) is 10.6 Å². The van der Waals surface area contributed by atoms with E-state index in [0.29, 0.717) is 145 Å². The average molecular weight is 1140 g/mol. The van der Waals surface area contributed by atoms with Crippen LogP contribution in [0.25, 0.3) is 0 Å². The van der Waals surface area contributed by atoms with E-state index >= 15 is 0 Å². The van der Waals surface area contributed by atoms with Gasteiger partial charge in [0.2, 0.25) is 11.8 Å². The minimum Gasteiger partial charge on any atom is -0.481 e. The van der Waals surface area contributed by atoms with E-state index in [4.69, 9.17) is 44.4 Å². The summed E-state index contributed by atoms with van der Waals surface area (Å²) in [4.78, 5) is 91.1. The van der Waals surface area contributed by atoms with Crippen molar-refractivity contribution < 1.29 is 85.4 Å². The highest BCUT2D eigenvalue weighted by Gasteiger charge is 2.36. The maximum atomic E-state index is 14.9. The first kappa shape index (κ1) is 61.0. The summed E-state index contributed by atoms with van der Waals surface area (Å²) in [6.07, 6.45) is -0.911. The number of halogens is 3. The summed E-state index contributed by atoms with van der Waals surface area (Å²) < 4.78 is 75.7.